The monoisotopic (exact) mass is 501 g/mol. The molecule has 2 N–H and O–H groups in total. The number of ether oxygens (including phenoxy) is 2. The van der Waals surface area contributed by atoms with Crippen molar-refractivity contribution in [3.05, 3.63) is 60.0 Å². The van der Waals surface area contributed by atoms with E-state index >= 15 is 0 Å². The predicted octanol–water partition coefficient (Wildman–Crippen LogP) is 4.57. The number of aromatic nitrogens is 4. The highest BCUT2D eigenvalue weighted by Crippen LogP contribution is 2.37. The van der Waals surface area contributed by atoms with Crippen molar-refractivity contribution in [3.63, 3.8) is 0 Å². The Bertz CT molecular complexity index is 1360. The van der Waals surface area contributed by atoms with Gasteiger partial charge in [0.2, 0.25) is 12.7 Å². The minimum Gasteiger partial charge on any atom is -0.454 e. The number of carbonyl (C=O) groups excluding carboxylic acids is 1. The molecule has 0 fully saturated rings. The smallest absolute Gasteiger partial charge is 0.433 e. The maximum atomic E-state index is 13.5. The van der Waals surface area contributed by atoms with Crippen molar-refractivity contribution in [1.29, 1.82) is 0 Å². The van der Waals surface area contributed by atoms with E-state index in [1.807, 2.05) is 24.3 Å². The highest BCUT2D eigenvalue weighted by Gasteiger charge is 2.34. The molecule has 1 aliphatic heterocycles. The molecule has 0 atom stereocenters. The van der Waals surface area contributed by atoms with E-state index in [9.17, 15) is 18.0 Å². The number of para-hydroxylation sites is 2. The number of carbonyl (C=O) groups is 1. The van der Waals surface area contributed by atoms with Gasteiger partial charge in [-0.05, 0) is 36.4 Å². The number of nitrogens with one attached hydrogen (secondary N) is 2. The third-order valence-corrected chi connectivity index (χ3v) is 5.97. The summed E-state index contributed by atoms with van der Waals surface area (Å²) in [5.74, 6) is 1.50. The van der Waals surface area contributed by atoms with E-state index in [1.165, 1.54) is 0 Å². The van der Waals surface area contributed by atoms with E-state index in [2.05, 4.69) is 25.3 Å². The van der Waals surface area contributed by atoms with E-state index in [0.29, 0.717) is 22.9 Å². The number of hydrogen-bond acceptors (Lipinski definition) is 7. The molecule has 0 saturated carbocycles. The van der Waals surface area contributed by atoms with Crippen molar-refractivity contribution in [2.75, 3.05) is 12.5 Å². The van der Waals surface area contributed by atoms with Crippen molar-refractivity contribution < 1.29 is 27.4 Å². The number of fused-ring (bicyclic) bond motifs is 2. The van der Waals surface area contributed by atoms with Gasteiger partial charge in [0.05, 0.1) is 23.3 Å². The normalized spacial score (nSPS) is 12.8. The zero-order chi connectivity index (χ0) is 24.4. The van der Waals surface area contributed by atoms with Gasteiger partial charge in [-0.1, -0.05) is 23.9 Å². The van der Waals surface area contributed by atoms with Crippen LogP contribution in [-0.4, -0.2) is 38.4 Å². The molecule has 0 saturated heterocycles. The third-order valence-electron chi connectivity index (χ3n) is 5.12. The molecule has 35 heavy (non-hydrogen) atoms. The predicted molar refractivity (Wildman–Crippen MR) is 122 cm³/mol. The van der Waals surface area contributed by atoms with Gasteiger partial charge in [-0.2, -0.15) is 13.2 Å². The summed E-state index contributed by atoms with van der Waals surface area (Å²) in [5.41, 5.74) is 1.14. The van der Waals surface area contributed by atoms with Gasteiger partial charge >= 0.3 is 6.18 Å². The van der Waals surface area contributed by atoms with Crippen molar-refractivity contribution in [2.24, 2.45) is 0 Å². The second-order valence-corrected chi connectivity index (χ2v) is 8.62. The van der Waals surface area contributed by atoms with Gasteiger partial charge in [-0.25, -0.2) is 15.0 Å². The molecule has 0 bridgehead atoms. The number of H-pyrrole nitrogens is 1. The number of imidazole rings is 1. The highest BCUT2D eigenvalue weighted by molar-refractivity contribution is 7.99. The van der Waals surface area contributed by atoms with Crippen LogP contribution in [0.1, 0.15) is 17.9 Å². The lowest BCUT2D eigenvalue weighted by Gasteiger charge is -2.11. The fourth-order valence-electron chi connectivity index (χ4n) is 3.43. The van der Waals surface area contributed by atoms with E-state index in [4.69, 9.17) is 9.47 Å². The fraction of sp³-hybridized carbons (Fsp3) is 0.217. The van der Waals surface area contributed by atoms with Crippen LogP contribution in [0.2, 0.25) is 0 Å². The number of alkyl halides is 3. The average molecular weight is 501 g/mol. The number of amides is 1. The molecule has 3 heterocycles. The van der Waals surface area contributed by atoms with Crippen molar-refractivity contribution in [3.8, 4) is 22.8 Å². The molecule has 0 spiro atoms. The van der Waals surface area contributed by atoms with Crippen LogP contribution in [0.15, 0.2) is 53.7 Å². The third kappa shape index (κ3) is 5.32. The van der Waals surface area contributed by atoms with Crippen LogP contribution in [-0.2, 0) is 17.5 Å². The fourth-order valence-corrected chi connectivity index (χ4v) is 4.23. The Morgan fingerprint density at radius 3 is 2.71 bits per heavy atom. The largest absolute Gasteiger partial charge is 0.454 e. The van der Waals surface area contributed by atoms with Crippen LogP contribution in [0.3, 0.4) is 0 Å². The van der Waals surface area contributed by atoms with Gasteiger partial charge in [0.25, 0.3) is 0 Å². The average Bonchev–Trinajstić information content (AvgIpc) is 3.48. The summed E-state index contributed by atoms with van der Waals surface area (Å²) in [5, 5.41) is 2.68. The molecule has 2 aromatic heterocycles. The maximum absolute atomic E-state index is 13.5. The Labute approximate surface area is 201 Å². The van der Waals surface area contributed by atoms with Crippen LogP contribution in [0.5, 0.6) is 11.5 Å². The number of benzene rings is 2. The number of thioether (sulfide) groups is 1. The number of halogens is 3. The van der Waals surface area contributed by atoms with E-state index in [-0.39, 0.29) is 42.3 Å². The Morgan fingerprint density at radius 2 is 1.89 bits per heavy atom. The minimum absolute atomic E-state index is 0.0515. The summed E-state index contributed by atoms with van der Waals surface area (Å²) in [6, 6.07) is 13.2. The Kier molecular flexibility index (Phi) is 6.20. The zero-order valence-electron chi connectivity index (χ0n) is 18.1. The number of aromatic amines is 1. The van der Waals surface area contributed by atoms with Crippen LogP contribution in [0, 0.1) is 0 Å². The maximum Gasteiger partial charge on any atom is 0.433 e. The lowest BCUT2D eigenvalue weighted by atomic mass is 10.1. The molecule has 1 aliphatic rings. The second kappa shape index (κ2) is 9.45. The first-order valence-corrected chi connectivity index (χ1v) is 11.5. The number of hydrogen-bond donors (Lipinski definition) is 2. The van der Waals surface area contributed by atoms with Crippen molar-refractivity contribution >= 4 is 28.7 Å². The molecule has 5 rings (SSSR count). The van der Waals surface area contributed by atoms with Gasteiger partial charge in [0.15, 0.2) is 16.7 Å². The lowest BCUT2D eigenvalue weighted by molar-refractivity contribution is -0.141. The molecule has 0 radical (unpaired) electrons. The van der Waals surface area contributed by atoms with Crippen molar-refractivity contribution in [1.82, 2.24) is 25.3 Å². The quantitative estimate of drug-likeness (QED) is 0.283. The minimum atomic E-state index is -4.65. The molecule has 0 unspecified atom stereocenters. The molecule has 1 amide bonds. The molecule has 0 aliphatic carbocycles. The van der Waals surface area contributed by atoms with Gasteiger partial charge in [-0.3, -0.25) is 4.79 Å². The summed E-state index contributed by atoms with van der Waals surface area (Å²) in [6.45, 7) is 0.266. The first kappa shape index (κ1) is 23.0. The molecule has 12 heteroatoms. The van der Waals surface area contributed by atoms with Gasteiger partial charge in [0.1, 0.15) is 11.5 Å². The van der Waals surface area contributed by atoms with Gasteiger partial charge in [0, 0.05) is 17.7 Å². The highest BCUT2D eigenvalue weighted by atomic mass is 32.2. The molecule has 180 valence electrons. The Morgan fingerprint density at radius 1 is 1.06 bits per heavy atom. The molecular weight excluding hydrogens is 483 g/mol. The van der Waals surface area contributed by atoms with Crippen LogP contribution < -0.4 is 14.8 Å². The Hall–Kier alpha value is -3.80. The summed E-state index contributed by atoms with van der Waals surface area (Å²) in [7, 11) is 0. The SMILES string of the molecule is O=C(CCSc1nc(-c2ccc3c(c2)OCO3)cc(C(F)(F)F)n1)NCc1nc2ccccc2[nH]1. The van der Waals surface area contributed by atoms with E-state index in [1.54, 1.807) is 18.2 Å². The van der Waals surface area contributed by atoms with Crippen LogP contribution >= 0.6 is 11.8 Å². The molecular formula is C23H18F3N5O3S. The second-order valence-electron chi connectivity index (χ2n) is 7.56. The van der Waals surface area contributed by atoms with Crippen LogP contribution in [0.25, 0.3) is 22.3 Å². The van der Waals surface area contributed by atoms with Crippen molar-refractivity contribution in [2.45, 2.75) is 24.3 Å². The summed E-state index contributed by atoms with van der Waals surface area (Å²) in [4.78, 5) is 27.6. The van der Waals surface area contributed by atoms with Gasteiger partial charge in [-0.15, -0.1) is 0 Å². The first-order valence-electron chi connectivity index (χ1n) is 10.5. The van der Waals surface area contributed by atoms with Gasteiger partial charge < -0.3 is 19.8 Å². The number of rotatable bonds is 7. The van der Waals surface area contributed by atoms with Crippen LogP contribution in [0.4, 0.5) is 13.2 Å². The standard InChI is InChI=1S/C23H18F3N5O3S/c24-23(25,26)19-10-16(13-5-6-17-18(9-13)34-12-33-17)30-22(31-19)35-8-7-21(32)27-11-20-28-14-3-1-2-4-15(14)29-20/h1-6,9-10H,7-8,11-12H2,(H,27,32)(H,28,29). The molecule has 4 aromatic rings. The van der Waals surface area contributed by atoms with E-state index in [0.717, 1.165) is 28.9 Å². The number of nitrogens with zero attached hydrogens (tertiary/aromatic N) is 3. The molecule has 2 aromatic carbocycles. The zero-order valence-corrected chi connectivity index (χ0v) is 18.9. The molecule has 8 nitrogen and oxygen atoms in total. The Balaban J connectivity index is 1.23. The lowest BCUT2D eigenvalue weighted by Crippen LogP contribution is -2.23. The first-order chi connectivity index (χ1) is 16.8. The summed E-state index contributed by atoms with van der Waals surface area (Å²) in [6.07, 6.45) is -4.57. The summed E-state index contributed by atoms with van der Waals surface area (Å²) >= 11 is 0.976. The summed E-state index contributed by atoms with van der Waals surface area (Å²) < 4.78 is 50.9. The van der Waals surface area contributed by atoms with E-state index < -0.39 is 11.9 Å². The topological polar surface area (TPSA) is 102 Å².